The number of primary amides is 1. The highest BCUT2D eigenvalue weighted by Crippen LogP contribution is 2.64. The van der Waals surface area contributed by atoms with Crippen LogP contribution in [0.3, 0.4) is 0 Å². The van der Waals surface area contributed by atoms with Gasteiger partial charge in [-0.1, -0.05) is 41.4 Å². The van der Waals surface area contributed by atoms with Crippen LogP contribution in [-0.2, 0) is 19.2 Å². The average Bonchev–Trinajstić information content (AvgIpc) is 3.33. The first-order valence-electron chi connectivity index (χ1n) is 13.6. The normalized spacial score (nSPS) is 30.2. The summed E-state index contributed by atoms with van der Waals surface area (Å²) in [5.74, 6) is -6.96. The van der Waals surface area contributed by atoms with Gasteiger partial charge in [-0.2, -0.15) is 4.90 Å². The summed E-state index contributed by atoms with van der Waals surface area (Å²) in [6, 6.07) is 9.38. The number of nitrogens with zero attached hydrogens (tertiary/aromatic N) is 2. The molecule has 42 heavy (non-hydrogen) atoms. The molecule has 0 spiro atoms. The summed E-state index contributed by atoms with van der Waals surface area (Å²) >= 11 is 6.02. The number of aliphatic hydroxyl groups excluding tert-OH is 1. The Morgan fingerprint density at radius 3 is 2.55 bits per heavy atom. The number of ether oxygens (including phenoxy) is 1. The van der Waals surface area contributed by atoms with Gasteiger partial charge >= 0.3 is 6.03 Å². The van der Waals surface area contributed by atoms with E-state index in [1.807, 2.05) is 6.08 Å². The van der Waals surface area contributed by atoms with E-state index in [0.717, 1.165) is 11.0 Å². The van der Waals surface area contributed by atoms with Crippen molar-refractivity contribution in [2.45, 2.75) is 25.7 Å². The zero-order valence-electron chi connectivity index (χ0n) is 22.5. The van der Waals surface area contributed by atoms with Gasteiger partial charge in [0.15, 0.2) is 0 Å². The Bertz CT molecular complexity index is 1590. The highest BCUT2D eigenvalue weighted by molar-refractivity contribution is 6.31. The number of hydrogen-bond donors (Lipinski definition) is 2. The number of carbonyl (C=O) groups excluding carboxylic acids is 5. The van der Waals surface area contributed by atoms with Crippen molar-refractivity contribution in [1.29, 1.82) is 0 Å². The zero-order chi connectivity index (χ0) is 30.1. The van der Waals surface area contributed by atoms with Crippen LogP contribution >= 0.6 is 11.6 Å². The van der Waals surface area contributed by atoms with Gasteiger partial charge in [-0.3, -0.25) is 19.2 Å². The Morgan fingerprint density at radius 2 is 1.86 bits per heavy atom. The Kier molecular flexibility index (Phi) is 6.69. The first-order chi connectivity index (χ1) is 20.0. The van der Waals surface area contributed by atoms with Crippen LogP contribution in [0.5, 0.6) is 5.75 Å². The summed E-state index contributed by atoms with van der Waals surface area (Å²) in [5, 5.41) is 9.18. The van der Waals surface area contributed by atoms with Crippen LogP contribution in [0.1, 0.15) is 31.2 Å². The number of likely N-dealkylation sites (tertiary alicyclic amines) is 1. The van der Waals surface area contributed by atoms with E-state index in [2.05, 4.69) is 0 Å². The molecule has 218 valence electrons. The number of aliphatic hydroxyl groups is 1. The number of rotatable bonds is 5. The van der Waals surface area contributed by atoms with Gasteiger partial charge in [-0.15, -0.1) is 0 Å². The number of carbonyl (C=O) groups is 5. The zero-order valence-corrected chi connectivity index (χ0v) is 23.2. The molecule has 2 saturated heterocycles. The molecule has 0 unspecified atom stereocenters. The molecule has 0 bridgehead atoms. The third kappa shape index (κ3) is 3.83. The SMILES string of the molecule is C[C@@]12C(=O)N(c3ccc(F)c(Cl)c3)C(=O)[C@@H]1C[C@@H]1C(=CC[C@@H]3C(=O)N(C(N)=O)C(=O)[C@@H]31)[C@@H]2c1ccccc1OCCO. The van der Waals surface area contributed by atoms with Crippen LogP contribution in [0.2, 0.25) is 5.02 Å². The van der Waals surface area contributed by atoms with Crippen LogP contribution in [-0.4, -0.2) is 52.9 Å². The molecule has 2 heterocycles. The van der Waals surface area contributed by atoms with Crippen LogP contribution < -0.4 is 15.4 Å². The van der Waals surface area contributed by atoms with Crippen molar-refractivity contribution in [2.24, 2.45) is 34.8 Å². The molecule has 3 fully saturated rings. The Hall–Kier alpha value is -4.09. The predicted molar refractivity (Wildman–Crippen MR) is 146 cm³/mol. The number of hydrogen-bond acceptors (Lipinski definition) is 7. The van der Waals surface area contributed by atoms with Crippen LogP contribution in [0.15, 0.2) is 54.1 Å². The fourth-order valence-corrected chi connectivity index (χ4v) is 7.63. The summed E-state index contributed by atoms with van der Waals surface area (Å²) in [7, 11) is 0. The second-order valence-electron chi connectivity index (χ2n) is 11.2. The molecule has 3 N–H and O–H groups in total. The molecule has 6 rings (SSSR count). The largest absolute Gasteiger partial charge is 0.491 e. The third-order valence-corrected chi connectivity index (χ3v) is 9.52. The molecule has 2 aliphatic carbocycles. The molecule has 4 aliphatic rings. The van der Waals surface area contributed by atoms with E-state index < -0.39 is 70.5 Å². The van der Waals surface area contributed by atoms with Gasteiger partial charge in [0.1, 0.15) is 18.2 Å². The van der Waals surface area contributed by atoms with Crippen molar-refractivity contribution in [2.75, 3.05) is 18.1 Å². The lowest BCUT2D eigenvalue weighted by Gasteiger charge is -2.49. The van der Waals surface area contributed by atoms with E-state index in [1.165, 1.54) is 12.1 Å². The number of amides is 6. The topological polar surface area (TPSA) is 147 Å². The van der Waals surface area contributed by atoms with Crippen molar-refractivity contribution >= 4 is 46.9 Å². The molecule has 6 atom stereocenters. The second-order valence-corrected chi connectivity index (χ2v) is 11.6. The minimum atomic E-state index is -1.37. The fraction of sp³-hybridized carbons (Fsp3) is 0.367. The number of para-hydroxylation sites is 1. The maximum absolute atomic E-state index is 14.4. The number of urea groups is 1. The van der Waals surface area contributed by atoms with Crippen LogP contribution in [0, 0.1) is 34.9 Å². The lowest BCUT2D eigenvalue weighted by Crippen LogP contribution is -2.49. The van der Waals surface area contributed by atoms with Crippen LogP contribution in [0.4, 0.5) is 14.9 Å². The van der Waals surface area contributed by atoms with Gasteiger partial charge in [-0.05, 0) is 49.9 Å². The van der Waals surface area contributed by atoms with E-state index in [-0.39, 0.29) is 36.8 Å². The maximum atomic E-state index is 14.4. The third-order valence-electron chi connectivity index (χ3n) is 9.24. The second kappa shape index (κ2) is 10.0. The number of halogens is 2. The van der Waals surface area contributed by atoms with Crippen molar-refractivity contribution in [3.8, 4) is 5.75 Å². The minimum absolute atomic E-state index is 0.0231. The number of benzene rings is 2. The summed E-state index contributed by atoms with van der Waals surface area (Å²) < 4.78 is 19.9. The molecule has 0 radical (unpaired) electrons. The number of imide groups is 4. The van der Waals surface area contributed by atoms with Gasteiger partial charge < -0.3 is 15.6 Å². The molecule has 12 heteroatoms. The first-order valence-corrected chi connectivity index (χ1v) is 13.9. The quantitative estimate of drug-likeness (QED) is 0.398. The van der Waals surface area contributed by atoms with Crippen molar-refractivity contribution in [3.63, 3.8) is 0 Å². The highest BCUT2D eigenvalue weighted by Gasteiger charge is 2.68. The molecule has 2 aromatic rings. The van der Waals surface area contributed by atoms with Crippen LogP contribution in [0.25, 0.3) is 0 Å². The lowest BCUT2D eigenvalue weighted by atomic mass is 9.51. The maximum Gasteiger partial charge on any atom is 0.328 e. The van der Waals surface area contributed by atoms with Gasteiger partial charge in [0.05, 0.1) is 40.5 Å². The minimum Gasteiger partial charge on any atom is -0.491 e. The first kappa shape index (κ1) is 28.0. The Balaban J connectivity index is 1.54. The van der Waals surface area contributed by atoms with E-state index in [9.17, 15) is 33.5 Å². The summed E-state index contributed by atoms with van der Waals surface area (Å²) in [5.41, 5.74) is 5.37. The Labute approximate surface area is 244 Å². The molecule has 1 saturated carbocycles. The summed E-state index contributed by atoms with van der Waals surface area (Å²) in [6.07, 6.45) is 2.02. The number of nitrogens with two attached hydrogens (primary N) is 1. The predicted octanol–water partition coefficient (Wildman–Crippen LogP) is 3.16. The van der Waals surface area contributed by atoms with E-state index in [1.54, 1.807) is 31.2 Å². The molecule has 6 amide bonds. The molecular weight excluding hydrogens is 569 g/mol. The smallest absolute Gasteiger partial charge is 0.328 e. The van der Waals surface area contributed by atoms with Crippen molar-refractivity contribution in [1.82, 2.24) is 4.90 Å². The van der Waals surface area contributed by atoms with E-state index in [4.69, 9.17) is 22.1 Å². The number of fused-ring (bicyclic) bond motifs is 4. The van der Waals surface area contributed by atoms with Gasteiger partial charge in [0.2, 0.25) is 23.6 Å². The number of allylic oxidation sites excluding steroid dienone is 2. The summed E-state index contributed by atoms with van der Waals surface area (Å²) in [4.78, 5) is 68.6. The van der Waals surface area contributed by atoms with Gasteiger partial charge in [0.25, 0.3) is 0 Å². The number of anilines is 1. The Morgan fingerprint density at radius 1 is 1.12 bits per heavy atom. The molecular formula is C30H27ClFN3O7. The molecule has 10 nitrogen and oxygen atoms in total. The van der Waals surface area contributed by atoms with Gasteiger partial charge in [-0.25, -0.2) is 14.1 Å². The van der Waals surface area contributed by atoms with Crippen molar-refractivity contribution in [3.05, 3.63) is 70.5 Å². The fourth-order valence-electron chi connectivity index (χ4n) is 7.45. The molecule has 2 aromatic carbocycles. The average molecular weight is 596 g/mol. The molecule has 0 aromatic heterocycles. The lowest BCUT2D eigenvalue weighted by molar-refractivity contribution is -0.136. The molecule has 2 aliphatic heterocycles. The van der Waals surface area contributed by atoms with E-state index >= 15 is 0 Å². The summed E-state index contributed by atoms with van der Waals surface area (Å²) in [6.45, 7) is 1.41. The highest BCUT2D eigenvalue weighted by atomic mass is 35.5. The van der Waals surface area contributed by atoms with E-state index in [0.29, 0.717) is 21.8 Å². The van der Waals surface area contributed by atoms with Gasteiger partial charge in [0, 0.05) is 11.5 Å². The van der Waals surface area contributed by atoms with Crippen molar-refractivity contribution < 1.29 is 38.2 Å². The standard InChI is InChI=1S/C30H27ClFN3O7/c1-30-19(26(38)34(28(30)40)14-6-9-21(32)20(31)12-14)13-18-15(24(30)16-4-2-3-5-22(16)42-11-10-36)7-8-17-23(18)27(39)35(25(17)37)29(33)41/h2-7,9,12,17-19,23-24,36H,8,10-11,13H2,1H3,(H2,33,41)/t17-,18+,19-,23-,24+,30+/m0/s1. The monoisotopic (exact) mass is 595 g/mol.